The van der Waals surface area contributed by atoms with Gasteiger partial charge in [0.1, 0.15) is 0 Å². The summed E-state index contributed by atoms with van der Waals surface area (Å²) in [6.45, 7) is 0. The van der Waals surface area contributed by atoms with E-state index >= 15 is 0 Å². The van der Waals surface area contributed by atoms with Gasteiger partial charge in [0.15, 0.2) is 0 Å². The van der Waals surface area contributed by atoms with Crippen LogP contribution in [0.3, 0.4) is 0 Å². The average Bonchev–Trinajstić information content (AvgIpc) is 2.55. The normalized spacial score (nSPS) is 10.0. The Morgan fingerprint density at radius 1 is 0.857 bits per heavy atom. The van der Waals surface area contributed by atoms with Gasteiger partial charge in [-0.05, 0) is 28.8 Å². The van der Waals surface area contributed by atoms with Crippen molar-refractivity contribution in [2.75, 3.05) is 5.73 Å². The first-order chi connectivity index (χ1) is 10.3. The molecule has 0 saturated heterocycles. The molecule has 100 valence electrons. The topological polar surface area (TPSA) is 62.7 Å². The van der Waals surface area contributed by atoms with E-state index in [-0.39, 0.29) is 0 Å². The number of rotatable bonds is 2. The van der Waals surface area contributed by atoms with Crippen molar-refractivity contribution in [1.82, 2.24) is 4.98 Å². The number of nitriles is 1. The summed E-state index contributed by atoms with van der Waals surface area (Å²) in [6, 6.07) is 19.7. The first-order valence-corrected chi connectivity index (χ1v) is 6.59. The van der Waals surface area contributed by atoms with Crippen molar-refractivity contribution >= 4 is 5.69 Å². The molecular formula is C18H13N3. The molecule has 0 aliphatic heterocycles. The summed E-state index contributed by atoms with van der Waals surface area (Å²) in [4.78, 5) is 4.00. The molecule has 0 fully saturated rings. The third kappa shape index (κ3) is 2.47. The van der Waals surface area contributed by atoms with Crippen LogP contribution in [-0.2, 0) is 0 Å². The SMILES string of the molecule is N#Cc1ccccc1-c1ccc(-c2ccncc2N)cc1. The van der Waals surface area contributed by atoms with Crippen molar-refractivity contribution in [1.29, 1.82) is 5.26 Å². The molecule has 0 unspecified atom stereocenters. The second-order valence-electron chi connectivity index (χ2n) is 4.70. The van der Waals surface area contributed by atoms with Crippen LogP contribution in [0.4, 0.5) is 5.69 Å². The van der Waals surface area contributed by atoms with Crippen molar-refractivity contribution in [3.05, 3.63) is 72.6 Å². The third-order valence-corrected chi connectivity index (χ3v) is 3.41. The fourth-order valence-electron chi connectivity index (χ4n) is 2.33. The molecule has 0 amide bonds. The zero-order valence-corrected chi connectivity index (χ0v) is 11.3. The highest BCUT2D eigenvalue weighted by Gasteiger charge is 2.06. The zero-order valence-electron chi connectivity index (χ0n) is 11.3. The number of aromatic nitrogens is 1. The van der Waals surface area contributed by atoms with Gasteiger partial charge in [-0.1, -0.05) is 42.5 Å². The Labute approximate surface area is 123 Å². The summed E-state index contributed by atoms with van der Waals surface area (Å²) in [5.41, 5.74) is 11.2. The van der Waals surface area contributed by atoms with E-state index in [0.29, 0.717) is 11.3 Å². The molecule has 0 bridgehead atoms. The fraction of sp³-hybridized carbons (Fsp3) is 0. The molecule has 21 heavy (non-hydrogen) atoms. The van der Waals surface area contributed by atoms with Crippen LogP contribution >= 0.6 is 0 Å². The van der Waals surface area contributed by atoms with E-state index in [0.717, 1.165) is 22.3 Å². The van der Waals surface area contributed by atoms with Crippen molar-refractivity contribution in [3.8, 4) is 28.3 Å². The molecule has 1 aromatic heterocycles. The van der Waals surface area contributed by atoms with Gasteiger partial charge in [0.2, 0.25) is 0 Å². The lowest BCUT2D eigenvalue weighted by molar-refractivity contribution is 1.33. The van der Waals surface area contributed by atoms with Gasteiger partial charge >= 0.3 is 0 Å². The smallest absolute Gasteiger partial charge is 0.0998 e. The second kappa shape index (κ2) is 5.48. The maximum absolute atomic E-state index is 9.18. The molecule has 0 radical (unpaired) electrons. The number of anilines is 1. The van der Waals surface area contributed by atoms with Crippen LogP contribution in [0.5, 0.6) is 0 Å². The minimum absolute atomic E-state index is 0.655. The summed E-state index contributed by atoms with van der Waals surface area (Å²) < 4.78 is 0. The number of nitrogens with zero attached hydrogens (tertiary/aromatic N) is 2. The van der Waals surface area contributed by atoms with Crippen molar-refractivity contribution < 1.29 is 0 Å². The summed E-state index contributed by atoms with van der Waals surface area (Å²) in [5.74, 6) is 0. The second-order valence-corrected chi connectivity index (χ2v) is 4.70. The fourth-order valence-corrected chi connectivity index (χ4v) is 2.33. The van der Waals surface area contributed by atoms with E-state index in [2.05, 4.69) is 11.1 Å². The Kier molecular flexibility index (Phi) is 3.36. The highest BCUT2D eigenvalue weighted by molar-refractivity contribution is 5.78. The van der Waals surface area contributed by atoms with Crippen LogP contribution in [0.2, 0.25) is 0 Å². The summed E-state index contributed by atoms with van der Waals surface area (Å²) >= 11 is 0. The van der Waals surface area contributed by atoms with Gasteiger partial charge in [0.25, 0.3) is 0 Å². The lowest BCUT2D eigenvalue weighted by Crippen LogP contribution is -1.91. The summed E-state index contributed by atoms with van der Waals surface area (Å²) in [7, 11) is 0. The molecular weight excluding hydrogens is 258 g/mol. The quantitative estimate of drug-likeness (QED) is 0.769. The highest BCUT2D eigenvalue weighted by Crippen LogP contribution is 2.29. The number of pyridine rings is 1. The minimum Gasteiger partial charge on any atom is -0.397 e. The largest absolute Gasteiger partial charge is 0.397 e. The van der Waals surface area contributed by atoms with Crippen molar-refractivity contribution in [2.45, 2.75) is 0 Å². The van der Waals surface area contributed by atoms with Crippen LogP contribution < -0.4 is 5.73 Å². The number of nitrogens with two attached hydrogens (primary N) is 1. The summed E-state index contributed by atoms with van der Waals surface area (Å²) in [6.07, 6.45) is 3.37. The molecule has 2 N–H and O–H groups in total. The summed E-state index contributed by atoms with van der Waals surface area (Å²) in [5, 5.41) is 9.18. The number of nitrogen functional groups attached to an aromatic ring is 1. The van der Waals surface area contributed by atoms with Gasteiger partial charge in [-0.2, -0.15) is 5.26 Å². The first-order valence-electron chi connectivity index (χ1n) is 6.59. The molecule has 3 nitrogen and oxygen atoms in total. The van der Waals surface area contributed by atoms with E-state index in [1.807, 2.05) is 54.6 Å². The Morgan fingerprint density at radius 3 is 2.19 bits per heavy atom. The zero-order chi connectivity index (χ0) is 14.7. The van der Waals surface area contributed by atoms with Crippen LogP contribution in [0.1, 0.15) is 5.56 Å². The number of benzene rings is 2. The predicted octanol–water partition coefficient (Wildman–Crippen LogP) is 3.87. The van der Waals surface area contributed by atoms with E-state index in [1.165, 1.54) is 0 Å². The minimum atomic E-state index is 0.655. The number of hydrogen-bond donors (Lipinski definition) is 1. The lowest BCUT2D eigenvalue weighted by atomic mass is 9.97. The van der Waals surface area contributed by atoms with Gasteiger partial charge in [-0.25, -0.2) is 0 Å². The average molecular weight is 271 g/mol. The molecule has 0 spiro atoms. The van der Waals surface area contributed by atoms with E-state index in [4.69, 9.17) is 5.73 Å². The van der Waals surface area contributed by atoms with Crippen LogP contribution in [0, 0.1) is 11.3 Å². The van der Waals surface area contributed by atoms with E-state index < -0.39 is 0 Å². The van der Waals surface area contributed by atoms with Crippen molar-refractivity contribution in [2.24, 2.45) is 0 Å². The Morgan fingerprint density at radius 2 is 1.52 bits per heavy atom. The maximum Gasteiger partial charge on any atom is 0.0998 e. The molecule has 1 heterocycles. The van der Waals surface area contributed by atoms with Crippen LogP contribution in [0.15, 0.2) is 67.0 Å². The predicted molar refractivity (Wildman–Crippen MR) is 84.2 cm³/mol. The molecule has 3 rings (SSSR count). The Hall–Kier alpha value is -3.12. The molecule has 0 saturated carbocycles. The van der Waals surface area contributed by atoms with E-state index in [1.54, 1.807) is 12.4 Å². The van der Waals surface area contributed by atoms with Gasteiger partial charge in [-0.3, -0.25) is 4.98 Å². The van der Waals surface area contributed by atoms with Gasteiger partial charge in [-0.15, -0.1) is 0 Å². The number of hydrogen-bond acceptors (Lipinski definition) is 3. The third-order valence-electron chi connectivity index (χ3n) is 3.41. The Bertz CT molecular complexity index is 814. The molecule has 0 atom stereocenters. The maximum atomic E-state index is 9.18. The molecule has 3 heteroatoms. The van der Waals surface area contributed by atoms with Gasteiger partial charge in [0, 0.05) is 11.8 Å². The van der Waals surface area contributed by atoms with Crippen LogP contribution in [-0.4, -0.2) is 4.98 Å². The monoisotopic (exact) mass is 271 g/mol. The molecule has 3 aromatic rings. The van der Waals surface area contributed by atoms with E-state index in [9.17, 15) is 5.26 Å². The van der Waals surface area contributed by atoms with Gasteiger partial charge in [0.05, 0.1) is 23.5 Å². The lowest BCUT2D eigenvalue weighted by Gasteiger charge is -2.08. The first kappa shape index (κ1) is 12.9. The molecule has 0 aliphatic rings. The van der Waals surface area contributed by atoms with Crippen molar-refractivity contribution in [3.63, 3.8) is 0 Å². The standard InChI is InChI=1S/C18H13N3/c19-11-15-3-1-2-4-16(15)13-5-7-14(8-6-13)17-9-10-21-12-18(17)20/h1-10,12H,20H2. The van der Waals surface area contributed by atoms with Gasteiger partial charge < -0.3 is 5.73 Å². The highest BCUT2D eigenvalue weighted by atomic mass is 14.7. The Balaban J connectivity index is 2.03. The molecule has 2 aromatic carbocycles. The molecule has 0 aliphatic carbocycles. The van der Waals surface area contributed by atoms with Crippen LogP contribution in [0.25, 0.3) is 22.3 Å².